The minimum Gasteiger partial charge on any atom is -0.465 e. The SMILES string of the molecule is COC(=O)c1cc(NC(=O)C2CCCC2N)cc(C(=O)OC)c1. The minimum atomic E-state index is -0.608. The van der Waals surface area contributed by atoms with Crippen molar-refractivity contribution in [2.24, 2.45) is 11.7 Å². The monoisotopic (exact) mass is 320 g/mol. The number of benzene rings is 1. The summed E-state index contributed by atoms with van der Waals surface area (Å²) in [6, 6.07) is 4.10. The van der Waals surface area contributed by atoms with Crippen molar-refractivity contribution in [3.63, 3.8) is 0 Å². The Labute approximate surface area is 134 Å². The van der Waals surface area contributed by atoms with Gasteiger partial charge in [-0.05, 0) is 31.0 Å². The van der Waals surface area contributed by atoms with Crippen LogP contribution in [-0.4, -0.2) is 38.1 Å². The first kappa shape index (κ1) is 17.0. The molecule has 0 aliphatic heterocycles. The van der Waals surface area contributed by atoms with E-state index in [0.717, 1.165) is 19.3 Å². The lowest BCUT2D eigenvalue weighted by atomic mass is 10.0. The third kappa shape index (κ3) is 3.87. The van der Waals surface area contributed by atoms with Gasteiger partial charge in [-0.2, -0.15) is 0 Å². The van der Waals surface area contributed by atoms with Crippen molar-refractivity contribution in [3.05, 3.63) is 29.3 Å². The zero-order valence-electron chi connectivity index (χ0n) is 13.1. The Morgan fingerprint density at radius 1 is 1.04 bits per heavy atom. The maximum Gasteiger partial charge on any atom is 0.337 e. The fraction of sp³-hybridized carbons (Fsp3) is 0.438. The van der Waals surface area contributed by atoms with Gasteiger partial charge < -0.3 is 20.5 Å². The number of nitrogens with one attached hydrogen (secondary N) is 1. The molecule has 0 bridgehead atoms. The molecule has 0 heterocycles. The van der Waals surface area contributed by atoms with Crippen LogP contribution < -0.4 is 11.1 Å². The summed E-state index contributed by atoms with van der Waals surface area (Å²) < 4.78 is 9.32. The van der Waals surface area contributed by atoms with Crippen LogP contribution in [0.5, 0.6) is 0 Å². The third-order valence-electron chi connectivity index (χ3n) is 3.95. The van der Waals surface area contributed by atoms with Gasteiger partial charge in [-0.1, -0.05) is 6.42 Å². The Balaban J connectivity index is 2.27. The van der Waals surface area contributed by atoms with Gasteiger partial charge in [0.05, 0.1) is 31.3 Å². The molecule has 1 saturated carbocycles. The van der Waals surface area contributed by atoms with Gasteiger partial charge in [-0.25, -0.2) is 9.59 Å². The van der Waals surface area contributed by atoms with Crippen LogP contribution in [0.1, 0.15) is 40.0 Å². The summed E-state index contributed by atoms with van der Waals surface area (Å²) in [5.74, 6) is -1.70. The molecule has 23 heavy (non-hydrogen) atoms. The van der Waals surface area contributed by atoms with Gasteiger partial charge in [0.15, 0.2) is 0 Å². The number of anilines is 1. The smallest absolute Gasteiger partial charge is 0.337 e. The number of amides is 1. The second kappa shape index (κ2) is 7.23. The van der Waals surface area contributed by atoms with E-state index in [-0.39, 0.29) is 29.0 Å². The predicted octanol–water partition coefficient (Wildman–Crippen LogP) is 1.33. The van der Waals surface area contributed by atoms with Crippen molar-refractivity contribution in [2.45, 2.75) is 25.3 Å². The molecule has 2 rings (SSSR count). The number of rotatable bonds is 4. The Kier molecular flexibility index (Phi) is 5.33. The molecule has 1 fully saturated rings. The number of ether oxygens (including phenoxy) is 2. The highest BCUT2D eigenvalue weighted by molar-refractivity contribution is 6.00. The van der Waals surface area contributed by atoms with Crippen molar-refractivity contribution in [2.75, 3.05) is 19.5 Å². The molecule has 1 aromatic carbocycles. The Bertz CT molecular complexity index is 595. The van der Waals surface area contributed by atoms with Gasteiger partial charge in [-0.3, -0.25) is 4.79 Å². The van der Waals surface area contributed by atoms with Crippen LogP contribution in [0.15, 0.2) is 18.2 Å². The maximum absolute atomic E-state index is 12.3. The van der Waals surface area contributed by atoms with E-state index >= 15 is 0 Å². The second-order valence-electron chi connectivity index (χ2n) is 5.47. The molecule has 1 aliphatic rings. The summed E-state index contributed by atoms with van der Waals surface area (Å²) >= 11 is 0. The highest BCUT2D eigenvalue weighted by Gasteiger charge is 2.30. The quantitative estimate of drug-likeness (QED) is 0.810. The molecule has 0 radical (unpaired) electrons. The van der Waals surface area contributed by atoms with Crippen LogP contribution in [0.25, 0.3) is 0 Å². The van der Waals surface area contributed by atoms with Crippen LogP contribution in [0.2, 0.25) is 0 Å². The molecular weight excluding hydrogens is 300 g/mol. The summed E-state index contributed by atoms with van der Waals surface area (Å²) in [5.41, 5.74) is 6.56. The number of esters is 2. The van der Waals surface area contributed by atoms with Gasteiger partial charge in [0, 0.05) is 11.7 Å². The molecule has 0 spiro atoms. The van der Waals surface area contributed by atoms with E-state index in [0.29, 0.717) is 5.69 Å². The van der Waals surface area contributed by atoms with E-state index in [2.05, 4.69) is 14.8 Å². The van der Waals surface area contributed by atoms with Gasteiger partial charge in [0.1, 0.15) is 0 Å². The largest absolute Gasteiger partial charge is 0.465 e. The zero-order chi connectivity index (χ0) is 17.0. The van der Waals surface area contributed by atoms with Crippen molar-refractivity contribution in [3.8, 4) is 0 Å². The first-order valence-corrected chi connectivity index (χ1v) is 7.34. The van der Waals surface area contributed by atoms with Crippen molar-refractivity contribution < 1.29 is 23.9 Å². The molecule has 0 saturated heterocycles. The molecule has 1 aliphatic carbocycles. The van der Waals surface area contributed by atoms with Crippen LogP contribution in [0.4, 0.5) is 5.69 Å². The number of nitrogens with two attached hydrogens (primary N) is 1. The summed E-state index contributed by atoms with van der Waals surface area (Å²) in [4.78, 5) is 35.7. The van der Waals surface area contributed by atoms with E-state index in [1.165, 1.54) is 32.4 Å². The highest BCUT2D eigenvalue weighted by atomic mass is 16.5. The number of carbonyl (C=O) groups is 3. The number of carbonyl (C=O) groups excluding carboxylic acids is 3. The Hall–Kier alpha value is -2.41. The molecule has 124 valence electrons. The lowest BCUT2D eigenvalue weighted by molar-refractivity contribution is -0.120. The van der Waals surface area contributed by atoms with Crippen molar-refractivity contribution in [1.29, 1.82) is 0 Å². The van der Waals surface area contributed by atoms with Crippen molar-refractivity contribution in [1.82, 2.24) is 0 Å². The van der Waals surface area contributed by atoms with Gasteiger partial charge in [0.25, 0.3) is 0 Å². The molecule has 2 unspecified atom stereocenters. The highest BCUT2D eigenvalue weighted by Crippen LogP contribution is 2.26. The molecule has 0 aromatic heterocycles. The van der Waals surface area contributed by atoms with E-state index in [4.69, 9.17) is 5.73 Å². The first-order chi connectivity index (χ1) is 11.0. The number of hydrogen-bond acceptors (Lipinski definition) is 6. The Morgan fingerprint density at radius 2 is 1.61 bits per heavy atom. The van der Waals surface area contributed by atoms with E-state index < -0.39 is 11.9 Å². The third-order valence-corrected chi connectivity index (χ3v) is 3.95. The molecule has 1 aromatic rings. The maximum atomic E-state index is 12.3. The van der Waals surface area contributed by atoms with Crippen LogP contribution in [0.3, 0.4) is 0 Å². The predicted molar refractivity (Wildman–Crippen MR) is 83.1 cm³/mol. The molecule has 7 nitrogen and oxygen atoms in total. The van der Waals surface area contributed by atoms with E-state index in [9.17, 15) is 14.4 Å². The summed E-state index contributed by atoms with van der Waals surface area (Å²) in [6.07, 6.45) is 2.45. The summed E-state index contributed by atoms with van der Waals surface area (Å²) in [6.45, 7) is 0. The second-order valence-corrected chi connectivity index (χ2v) is 5.47. The fourth-order valence-electron chi connectivity index (χ4n) is 2.72. The lowest BCUT2D eigenvalue weighted by Gasteiger charge is -2.16. The fourth-order valence-corrected chi connectivity index (χ4v) is 2.72. The van der Waals surface area contributed by atoms with Crippen LogP contribution in [-0.2, 0) is 14.3 Å². The summed E-state index contributed by atoms with van der Waals surface area (Å²) in [7, 11) is 2.48. The minimum absolute atomic E-state index is 0.154. The van der Waals surface area contributed by atoms with Crippen LogP contribution >= 0.6 is 0 Å². The van der Waals surface area contributed by atoms with Gasteiger partial charge >= 0.3 is 11.9 Å². The van der Waals surface area contributed by atoms with Crippen molar-refractivity contribution >= 4 is 23.5 Å². The van der Waals surface area contributed by atoms with Gasteiger partial charge in [-0.15, -0.1) is 0 Å². The molecule has 7 heteroatoms. The summed E-state index contributed by atoms with van der Waals surface area (Å²) in [5, 5.41) is 2.72. The number of methoxy groups -OCH3 is 2. The van der Waals surface area contributed by atoms with Crippen LogP contribution in [0, 0.1) is 5.92 Å². The zero-order valence-corrected chi connectivity index (χ0v) is 13.1. The van der Waals surface area contributed by atoms with E-state index in [1.807, 2.05) is 0 Å². The topological polar surface area (TPSA) is 108 Å². The molecule has 3 N–H and O–H groups in total. The first-order valence-electron chi connectivity index (χ1n) is 7.34. The Morgan fingerprint density at radius 3 is 2.04 bits per heavy atom. The number of hydrogen-bond donors (Lipinski definition) is 2. The lowest BCUT2D eigenvalue weighted by Crippen LogP contribution is -2.34. The van der Waals surface area contributed by atoms with E-state index in [1.54, 1.807) is 0 Å². The average molecular weight is 320 g/mol. The normalized spacial score (nSPS) is 20.0. The molecule has 1 amide bonds. The standard InChI is InChI=1S/C16H20N2O5/c1-22-15(20)9-6-10(16(21)23-2)8-11(7-9)18-14(19)12-4-3-5-13(12)17/h6-8,12-13H,3-5,17H2,1-2H3,(H,18,19). The molecule has 2 atom stereocenters. The average Bonchev–Trinajstić information content (AvgIpc) is 2.99. The van der Waals surface area contributed by atoms with Gasteiger partial charge in [0.2, 0.25) is 5.91 Å². The molecular formula is C16H20N2O5.